The third-order valence-electron chi connectivity index (χ3n) is 14.9. The van der Waals surface area contributed by atoms with Crippen molar-refractivity contribution < 1.29 is 33.2 Å². The molecule has 70 heavy (non-hydrogen) atoms. The Hall–Kier alpha value is -7.23. The number of imide groups is 1. The number of piperidine rings is 2. The minimum Gasteiger partial charge on any atom is -0.355 e. The van der Waals surface area contributed by atoms with E-state index in [1.807, 2.05) is 62.4 Å². The van der Waals surface area contributed by atoms with Gasteiger partial charge >= 0.3 is 0 Å². The minimum atomic E-state index is -1.07. The van der Waals surface area contributed by atoms with Crippen LogP contribution in [0.3, 0.4) is 0 Å². The molecule has 5 aromatic rings. The highest BCUT2D eigenvalue weighted by Gasteiger charge is 2.50. The summed E-state index contributed by atoms with van der Waals surface area (Å²) >= 11 is 0. The van der Waals surface area contributed by atoms with Crippen LogP contribution in [-0.4, -0.2) is 86.7 Å². The number of hydrazine groups is 1. The van der Waals surface area contributed by atoms with Crippen LogP contribution in [-0.2, 0) is 35.8 Å². The number of rotatable bonds is 11. The second kappa shape index (κ2) is 18.6. The molecule has 5 aliphatic rings. The van der Waals surface area contributed by atoms with Gasteiger partial charge in [-0.3, -0.25) is 39.0 Å². The summed E-state index contributed by atoms with van der Waals surface area (Å²) in [5.41, 5.74) is 11.1. The number of anilines is 4. The molecule has 14 nitrogen and oxygen atoms in total. The van der Waals surface area contributed by atoms with Crippen LogP contribution in [0.2, 0.25) is 0 Å². The van der Waals surface area contributed by atoms with Gasteiger partial charge in [0.15, 0.2) is 0 Å². The first-order valence-corrected chi connectivity index (χ1v) is 24.2. The van der Waals surface area contributed by atoms with Gasteiger partial charge in [-0.05, 0) is 147 Å². The molecule has 0 bridgehead atoms. The lowest BCUT2D eigenvalue weighted by Crippen LogP contribution is -2.55. The molecule has 3 fully saturated rings. The van der Waals surface area contributed by atoms with Crippen molar-refractivity contribution in [1.29, 1.82) is 0 Å². The zero-order valence-corrected chi connectivity index (χ0v) is 39.9. The van der Waals surface area contributed by atoms with Gasteiger partial charge in [0, 0.05) is 73.8 Å². The van der Waals surface area contributed by atoms with Gasteiger partial charge in [-0.2, -0.15) is 0 Å². The van der Waals surface area contributed by atoms with Crippen LogP contribution in [0, 0.1) is 5.82 Å². The SMILES string of the molecule is CNC(=O)c1cccc(NC(=O)C2NN(C)c3ccc(-c4ccc(N5CCCC5=O)cc4-c4cccc(C5CCN(CCc6cccc7c6C(C)(C)C(=O)N7C6CCC(=O)NC6=O)CC5)c4)c(F)c32)c1. The molecule has 4 N–H and O–H groups in total. The van der Waals surface area contributed by atoms with Crippen LogP contribution in [0.1, 0.15) is 96.9 Å². The fraction of sp³-hybridized carbons (Fsp3) is 0.345. The standard InChI is InChI=1S/C55H57FN8O6/c1-55(2)48-33(9-7-14-43(48)64(54(55)70)44-20-21-45(65)59-52(44)68)24-28-62-26-22-32(23-27-62)34-10-5-11-35(29-34)41-31-38(63-25-8-15-46(63)66)16-17-39(41)40-18-19-42-47(49(40)56)50(60-61(42)4)53(69)58-37-13-6-12-36(30-37)51(67)57-3/h5-7,9-14,16-19,29-32,44,50,60H,8,15,20-28H2,1-4H3,(H,57,67)(H,58,69)(H,59,65,68). The molecule has 0 saturated carbocycles. The van der Waals surface area contributed by atoms with Crippen LogP contribution in [0.15, 0.2) is 97.1 Å². The van der Waals surface area contributed by atoms with E-state index in [9.17, 15) is 28.8 Å². The van der Waals surface area contributed by atoms with Crippen molar-refractivity contribution in [3.05, 3.63) is 131 Å². The Morgan fingerprint density at radius 3 is 2.34 bits per heavy atom. The number of amides is 6. The lowest BCUT2D eigenvalue weighted by molar-refractivity contribution is -0.136. The highest BCUT2D eigenvalue weighted by atomic mass is 19.1. The average molecular weight is 945 g/mol. The molecule has 0 radical (unpaired) electrons. The molecule has 3 saturated heterocycles. The largest absolute Gasteiger partial charge is 0.355 e. The van der Waals surface area contributed by atoms with E-state index in [-0.39, 0.29) is 41.5 Å². The molecule has 5 aliphatic heterocycles. The van der Waals surface area contributed by atoms with Crippen molar-refractivity contribution in [3.63, 3.8) is 0 Å². The molecular weight excluding hydrogens is 888 g/mol. The summed E-state index contributed by atoms with van der Waals surface area (Å²) in [6, 6.07) is 28.5. The predicted octanol–water partition coefficient (Wildman–Crippen LogP) is 7.13. The van der Waals surface area contributed by atoms with E-state index in [4.69, 9.17) is 0 Å². The Kier molecular flexibility index (Phi) is 12.3. The maximum atomic E-state index is 17.4. The third kappa shape index (κ3) is 8.40. The number of fused-ring (bicyclic) bond motifs is 2. The van der Waals surface area contributed by atoms with Gasteiger partial charge in [-0.25, -0.2) is 9.82 Å². The van der Waals surface area contributed by atoms with Crippen molar-refractivity contribution in [1.82, 2.24) is 21.0 Å². The zero-order chi connectivity index (χ0) is 49.0. The highest BCUT2D eigenvalue weighted by Crippen LogP contribution is 2.47. The summed E-state index contributed by atoms with van der Waals surface area (Å²) in [6.07, 6.45) is 4.33. The summed E-state index contributed by atoms with van der Waals surface area (Å²) in [5.74, 6) is -1.86. The van der Waals surface area contributed by atoms with Crippen molar-refractivity contribution in [2.45, 2.75) is 82.2 Å². The molecule has 0 aromatic heterocycles. The van der Waals surface area contributed by atoms with E-state index >= 15 is 4.39 Å². The first-order valence-electron chi connectivity index (χ1n) is 24.2. The number of benzene rings is 5. The molecule has 0 spiro atoms. The van der Waals surface area contributed by atoms with Gasteiger partial charge in [0.25, 0.3) is 5.91 Å². The van der Waals surface area contributed by atoms with Crippen molar-refractivity contribution in [3.8, 4) is 22.3 Å². The van der Waals surface area contributed by atoms with E-state index in [1.54, 1.807) is 52.2 Å². The van der Waals surface area contributed by atoms with Gasteiger partial charge in [0.1, 0.15) is 17.9 Å². The smallest absolute Gasteiger partial charge is 0.251 e. The maximum Gasteiger partial charge on any atom is 0.251 e. The summed E-state index contributed by atoms with van der Waals surface area (Å²) in [4.78, 5) is 83.9. The number of nitrogens with zero attached hydrogens (tertiary/aromatic N) is 4. The van der Waals surface area contributed by atoms with Crippen LogP contribution < -0.4 is 36.2 Å². The third-order valence-corrected chi connectivity index (χ3v) is 14.9. The van der Waals surface area contributed by atoms with Gasteiger partial charge in [0.05, 0.1) is 11.1 Å². The monoisotopic (exact) mass is 944 g/mol. The molecule has 2 atom stereocenters. The lowest BCUT2D eigenvalue weighted by Gasteiger charge is -2.33. The second-order valence-electron chi connectivity index (χ2n) is 19.6. The number of hydrogen-bond acceptors (Lipinski definition) is 9. The van der Waals surface area contributed by atoms with Crippen LogP contribution in [0.5, 0.6) is 0 Å². The Morgan fingerprint density at radius 2 is 1.59 bits per heavy atom. The molecule has 0 aliphatic carbocycles. The Balaban J connectivity index is 0.888. The van der Waals surface area contributed by atoms with Crippen LogP contribution in [0.4, 0.5) is 27.1 Å². The molecule has 5 aromatic carbocycles. The van der Waals surface area contributed by atoms with Crippen molar-refractivity contribution in [2.24, 2.45) is 0 Å². The van der Waals surface area contributed by atoms with E-state index in [0.717, 1.165) is 78.9 Å². The van der Waals surface area contributed by atoms with E-state index < -0.39 is 35.1 Å². The molecule has 360 valence electrons. The topological polar surface area (TPSA) is 164 Å². The fourth-order valence-electron chi connectivity index (χ4n) is 11.3. The van der Waals surface area contributed by atoms with Crippen LogP contribution in [0.25, 0.3) is 22.3 Å². The maximum absolute atomic E-state index is 17.4. The molecule has 2 unspecified atom stereocenters. The fourth-order valence-corrected chi connectivity index (χ4v) is 11.3. The summed E-state index contributed by atoms with van der Waals surface area (Å²) in [6.45, 7) is 7.01. The van der Waals surface area contributed by atoms with Gasteiger partial charge in [0.2, 0.25) is 29.5 Å². The summed E-state index contributed by atoms with van der Waals surface area (Å²) in [7, 11) is 3.27. The minimum absolute atomic E-state index is 0.0507. The molecular formula is C55H57FN8O6. The van der Waals surface area contributed by atoms with E-state index in [2.05, 4.69) is 44.5 Å². The average Bonchev–Trinajstić information content (AvgIpc) is 4.01. The normalized spacial score (nSPS) is 20.2. The number of halogens is 1. The quantitative estimate of drug-likeness (QED) is 0.101. The van der Waals surface area contributed by atoms with Crippen molar-refractivity contribution >= 4 is 58.2 Å². The lowest BCUT2D eigenvalue weighted by atomic mass is 9.82. The Bertz CT molecular complexity index is 2980. The summed E-state index contributed by atoms with van der Waals surface area (Å²) < 4.78 is 17.4. The van der Waals surface area contributed by atoms with E-state index in [0.29, 0.717) is 47.5 Å². The highest BCUT2D eigenvalue weighted by molar-refractivity contribution is 6.14. The molecule has 6 amide bonds. The number of hydrogen-bond donors (Lipinski definition) is 4. The predicted molar refractivity (Wildman–Crippen MR) is 267 cm³/mol. The number of carbonyl (C=O) groups is 6. The number of likely N-dealkylation sites (tertiary alicyclic amines) is 1. The number of nitrogens with one attached hydrogen (secondary N) is 4. The van der Waals surface area contributed by atoms with Gasteiger partial charge in [-0.1, -0.05) is 48.5 Å². The Morgan fingerprint density at radius 1 is 0.814 bits per heavy atom. The van der Waals surface area contributed by atoms with Crippen LogP contribution >= 0.6 is 0 Å². The zero-order valence-electron chi connectivity index (χ0n) is 39.9. The second-order valence-corrected chi connectivity index (χ2v) is 19.6. The van der Waals surface area contributed by atoms with Gasteiger partial charge < -0.3 is 25.4 Å². The van der Waals surface area contributed by atoms with Crippen molar-refractivity contribution in [2.75, 3.05) is 60.4 Å². The Labute approximate surface area is 406 Å². The van der Waals surface area contributed by atoms with E-state index in [1.165, 1.54) is 12.6 Å². The first kappa shape index (κ1) is 46.5. The molecule has 5 heterocycles. The first-order chi connectivity index (χ1) is 33.7. The molecule has 15 heteroatoms. The van der Waals surface area contributed by atoms with Gasteiger partial charge in [-0.15, -0.1) is 0 Å². The molecule has 10 rings (SSSR count). The summed E-state index contributed by atoms with van der Waals surface area (Å²) in [5, 5.41) is 9.51. The number of carbonyl (C=O) groups excluding carboxylic acids is 6.